The van der Waals surface area contributed by atoms with Gasteiger partial charge in [0.1, 0.15) is 23.1 Å². The van der Waals surface area contributed by atoms with Gasteiger partial charge in [0.25, 0.3) is 5.91 Å². The number of amides is 2. The molecular weight excluding hydrogens is 594 g/mol. The zero-order chi connectivity index (χ0) is 33.1. The molecule has 0 aliphatic rings. The molecule has 0 bridgehead atoms. The van der Waals surface area contributed by atoms with Crippen LogP contribution < -0.4 is 26.5 Å². The quantitative estimate of drug-likeness (QED) is 0.154. The van der Waals surface area contributed by atoms with Crippen LogP contribution in [0.5, 0.6) is 5.75 Å². The summed E-state index contributed by atoms with van der Waals surface area (Å²) < 4.78 is 13.6. The minimum Gasteiger partial charge on any atom is -0.497 e. The Bertz CT molecular complexity index is 2120. The van der Waals surface area contributed by atoms with Crippen LogP contribution in [0, 0.1) is 5.92 Å². The van der Waals surface area contributed by atoms with Gasteiger partial charge in [-0.15, -0.1) is 0 Å². The Kier molecular flexibility index (Phi) is 8.75. The standard InChI is InChI=1S/C37H35N5O5/c1-22(2)17-30(35(38)44)40-36(45)25-11-9-24(10-12-25)33-20-32(43)28-18-29-31(19-34(28)47-33)42(21-23-7-5-4-6-8-23)37(41-29)39-26-13-15-27(46-3)16-14-26/h4-16,18-20,22,30H,17,21H2,1-3H3,(H2,38,44)(H,39,41)(H,40,45)/t30-/m0/s1. The van der Waals surface area contributed by atoms with Crippen molar-refractivity contribution in [3.8, 4) is 17.1 Å². The van der Waals surface area contributed by atoms with Gasteiger partial charge in [-0.1, -0.05) is 56.3 Å². The van der Waals surface area contributed by atoms with Crippen molar-refractivity contribution in [2.45, 2.75) is 32.9 Å². The van der Waals surface area contributed by atoms with Crippen molar-refractivity contribution in [3.05, 3.63) is 118 Å². The lowest BCUT2D eigenvalue weighted by atomic mass is 10.0. The van der Waals surface area contributed by atoms with E-state index < -0.39 is 17.9 Å². The normalized spacial score (nSPS) is 11.9. The van der Waals surface area contributed by atoms with E-state index in [-0.39, 0.29) is 11.3 Å². The fourth-order valence-corrected chi connectivity index (χ4v) is 5.49. The number of nitrogens with two attached hydrogens (primary N) is 1. The van der Waals surface area contributed by atoms with Crippen molar-refractivity contribution in [2.75, 3.05) is 12.4 Å². The molecule has 4 N–H and O–H groups in total. The summed E-state index contributed by atoms with van der Waals surface area (Å²) in [6, 6.07) is 28.5. The number of aromatic nitrogens is 2. The molecule has 0 aliphatic carbocycles. The summed E-state index contributed by atoms with van der Waals surface area (Å²) in [5.41, 5.74) is 10.00. The molecule has 0 saturated carbocycles. The van der Waals surface area contributed by atoms with Crippen LogP contribution in [0.3, 0.4) is 0 Å². The van der Waals surface area contributed by atoms with Crippen LogP contribution in [-0.4, -0.2) is 34.5 Å². The van der Waals surface area contributed by atoms with Crippen molar-refractivity contribution in [1.82, 2.24) is 14.9 Å². The third kappa shape index (κ3) is 6.86. The average Bonchev–Trinajstić information content (AvgIpc) is 3.39. The van der Waals surface area contributed by atoms with Crippen LogP contribution in [0.1, 0.15) is 36.2 Å². The number of rotatable bonds is 11. The molecule has 2 amide bonds. The van der Waals surface area contributed by atoms with E-state index in [1.54, 1.807) is 37.4 Å². The third-order valence-electron chi connectivity index (χ3n) is 7.91. The number of nitrogens with zero attached hydrogens (tertiary/aromatic N) is 2. The Morgan fingerprint density at radius 2 is 1.68 bits per heavy atom. The molecule has 0 saturated heterocycles. The van der Waals surface area contributed by atoms with Gasteiger partial charge in [-0.3, -0.25) is 14.4 Å². The van der Waals surface area contributed by atoms with E-state index in [9.17, 15) is 14.4 Å². The summed E-state index contributed by atoms with van der Waals surface area (Å²) in [5.74, 6) is 0.905. The summed E-state index contributed by atoms with van der Waals surface area (Å²) in [6.45, 7) is 4.44. The van der Waals surface area contributed by atoms with E-state index >= 15 is 0 Å². The molecule has 2 heterocycles. The minimum absolute atomic E-state index is 0.181. The predicted octanol–water partition coefficient (Wildman–Crippen LogP) is 6.24. The Hall–Kier alpha value is -5.90. The highest BCUT2D eigenvalue weighted by atomic mass is 16.5. The number of fused-ring (bicyclic) bond motifs is 2. The topological polar surface area (TPSA) is 141 Å². The first kappa shape index (κ1) is 31.1. The highest BCUT2D eigenvalue weighted by Crippen LogP contribution is 2.30. The number of ether oxygens (including phenoxy) is 1. The first-order chi connectivity index (χ1) is 22.7. The second kappa shape index (κ2) is 13.2. The maximum atomic E-state index is 13.4. The molecule has 4 aromatic carbocycles. The van der Waals surface area contributed by atoms with Crippen molar-refractivity contribution in [2.24, 2.45) is 11.7 Å². The smallest absolute Gasteiger partial charge is 0.251 e. The zero-order valence-electron chi connectivity index (χ0n) is 26.3. The van der Waals surface area contributed by atoms with Crippen LogP contribution in [0.15, 0.2) is 106 Å². The maximum Gasteiger partial charge on any atom is 0.251 e. The largest absolute Gasteiger partial charge is 0.497 e. The van der Waals surface area contributed by atoms with Gasteiger partial charge in [0.2, 0.25) is 11.9 Å². The maximum absolute atomic E-state index is 13.4. The predicted molar refractivity (Wildman–Crippen MR) is 183 cm³/mol. The Morgan fingerprint density at radius 3 is 2.34 bits per heavy atom. The van der Waals surface area contributed by atoms with Gasteiger partial charge in [-0.2, -0.15) is 0 Å². The van der Waals surface area contributed by atoms with Crippen LogP contribution in [0.4, 0.5) is 11.6 Å². The lowest BCUT2D eigenvalue weighted by molar-refractivity contribution is -0.120. The van der Waals surface area contributed by atoms with E-state index in [4.69, 9.17) is 19.9 Å². The number of hydrogen-bond donors (Lipinski definition) is 3. The molecular formula is C37H35N5O5. The molecule has 6 rings (SSSR count). The van der Waals surface area contributed by atoms with E-state index in [1.165, 1.54) is 6.07 Å². The molecule has 238 valence electrons. The molecule has 10 heteroatoms. The Labute approximate surface area is 271 Å². The number of methoxy groups -OCH3 is 1. The van der Waals surface area contributed by atoms with Gasteiger partial charge in [0.05, 0.1) is 30.1 Å². The number of carbonyl (C=O) groups is 2. The molecule has 6 aromatic rings. The molecule has 0 spiro atoms. The van der Waals surface area contributed by atoms with Gasteiger partial charge in [0.15, 0.2) is 5.43 Å². The lowest BCUT2D eigenvalue weighted by Crippen LogP contribution is -2.45. The van der Waals surface area contributed by atoms with Gasteiger partial charge in [-0.05, 0) is 60.4 Å². The van der Waals surface area contributed by atoms with Gasteiger partial charge < -0.3 is 30.1 Å². The van der Waals surface area contributed by atoms with Crippen LogP contribution in [-0.2, 0) is 11.3 Å². The average molecular weight is 630 g/mol. The summed E-state index contributed by atoms with van der Waals surface area (Å²) >= 11 is 0. The fraction of sp³-hybridized carbons (Fsp3) is 0.189. The van der Waals surface area contributed by atoms with Crippen LogP contribution >= 0.6 is 0 Å². The first-order valence-electron chi connectivity index (χ1n) is 15.3. The van der Waals surface area contributed by atoms with E-state index in [2.05, 4.69) is 10.6 Å². The lowest BCUT2D eigenvalue weighted by Gasteiger charge is -2.17. The fourth-order valence-electron chi connectivity index (χ4n) is 5.49. The third-order valence-corrected chi connectivity index (χ3v) is 7.91. The van der Waals surface area contributed by atoms with Crippen molar-refractivity contribution >= 4 is 45.5 Å². The Morgan fingerprint density at radius 1 is 0.957 bits per heavy atom. The van der Waals surface area contributed by atoms with Crippen molar-refractivity contribution in [3.63, 3.8) is 0 Å². The van der Waals surface area contributed by atoms with Crippen LogP contribution in [0.2, 0.25) is 0 Å². The number of primary amides is 1. The number of benzene rings is 4. The number of carbonyl (C=O) groups excluding carboxylic acids is 2. The molecule has 0 radical (unpaired) electrons. The molecule has 47 heavy (non-hydrogen) atoms. The van der Waals surface area contributed by atoms with Gasteiger partial charge in [0, 0.05) is 28.9 Å². The summed E-state index contributed by atoms with van der Waals surface area (Å²) in [4.78, 5) is 42.9. The van der Waals surface area contributed by atoms with Gasteiger partial charge >= 0.3 is 0 Å². The number of anilines is 2. The highest BCUT2D eigenvalue weighted by molar-refractivity contribution is 5.98. The van der Waals surface area contributed by atoms with Crippen molar-refractivity contribution in [1.29, 1.82) is 0 Å². The molecule has 0 fully saturated rings. The van der Waals surface area contributed by atoms with E-state index in [1.807, 2.05) is 79.1 Å². The first-order valence-corrected chi connectivity index (χ1v) is 15.3. The van der Waals surface area contributed by atoms with E-state index in [0.29, 0.717) is 52.3 Å². The highest BCUT2D eigenvalue weighted by Gasteiger charge is 2.21. The second-order valence-corrected chi connectivity index (χ2v) is 11.8. The van der Waals surface area contributed by atoms with Gasteiger partial charge in [-0.25, -0.2) is 4.98 Å². The molecule has 0 unspecified atom stereocenters. The minimum atomic E-state index is -0.764. The van der Waals surface area contributed by atoms with Crippen molar-refractivity contribution < 1.29 is 18.7 Å². The summed E-state index contributed by atoms with van der Waals surface area (Å²) in [6.07, 6.45) is 0.442. The molecule has 1 atom stereocenters. The number of imidazole rings is 1. The van der Waals surface area contributed by atoms with Crippen LogP contribution in [0.25, 0.3) is 33.3 Å². The zero-order valence-corrected chi connectivity index (χ0v) is 26.3. The second-order valence-electron chi connectivity index (χ2n) is 11.8. The molecule has 10 nitrogen and oxygen atoms in total. The monoisotopic (exact) mass is 629 g/mol. The summed E-state index contributed by atoms with van der Waals surface area (Å²) in [7, 11) is 1.62. The number of hydrogen-bond acceptors (Lipinski definition) is 7. The Balaban J connectivity index is 1.35. The molecule has 0 aliphatic heterocycles. The SMILES string of the molecule is COc1ccc(Nc2nc3cc4c(=O)cc(-c5ccc(C(=O)N[C@@H](CC(C)C)C(N)=O)cc5)oc4cc3n2Cc2ccccc2)cc1. The number of nitrogens with one attached hydrogen (secondary N) is 2. The van der Waals surface area contributed by atoms with E-state index in [0.717, 1.165) is 22.5 Å². The molecule has 2 aromatic heterocycles. The summed E-state index contributed by atoms with van der Waals surface area (Å²) in [5, 5.41) is 6.53.